The molecule has 0 saturated heterocycles. The van der Waals surface area contributed by atoms with Crippen molar-refractivity contribution in [1.82, 2.24) is 19.7 Å². The highest BCUT2D eigenvalue weighted by Crippen LogP contribution is 2.37. The number of allylic oxidation sites excluding steroid dienone is 1. The predicted octanol–water partition coefficient (Wildman–Crippen LogP) is 2.89. The summed E-state index contributed by atoms with van der Waals surface area (Å²) < 4.78 is 53.8. The van der Waals surface area contributed by atoms with Gasteiger partial charge < -0.3 is 24.1 Å². The van der Waals surface area contributed by atoms with Gasteiger partial charge in [0.1, 0.15) is 34.2 Å². The average Bonchev–Trinajstić information content (AvgIpc) is 3.39. The van der Waals surface area contributed by atoms with E-state index < -0.39 is 21.4 Å². The van der Waals surface area contributed by atoms with E-state index in [9.17, 15) is 13.5 Å². The second kappa shape index (κ2) is 14.5. The van der Waals surface area contributed by atoms with Crippen molar-refractivity contribution in [3.8, 4) is 34.6 Å². The van der Waals surface area contributed by atoms with Crippen LogP contribution >= 0.6 is 0 Å². The standard InChI is InChI=1S/C27H35N7O7S/c1-17(2)16-29-25(28-4)24(41-15-14-35)18(3)42(36,37)33-27-32-31-26(19-10-8-13-22(30-19)40-7)34(27)23-20(38-5)11-9-12-21(23)39-6/h8-13,16,18,24,35H,4,14-15H2,1-3,5-7H3,(H,32,33)/b29-25-/t18-,24-/m0/s1. The number of aliphatic hydroxyl groups excluding tert-OH is 1. The van der Waals surface area contributed by atoms with Crippen molar-refractivity contribution in [3.63, 3.8) is 0 Å². The number of aliphatic hydroxyl groups is 1. The van der Waals surface area contributed by atoms with Gasteiger partial charge in [-0.3, -0.25) is 9.29 Å². The van der Waals surface area contributed by atoms with Crippen molar-refractivity contribution in [2.45, 2.75) is 32.1 Å². The molecule has 0 amide bonds. The highest BCUT2D eigenvalue weighted by molar-refractivity contribution is 7.93. The van der Waals surface area contributed by atoms with Crippen LogP contribution in [0.25, 0.3) is 17.2 Å². The number of amidine groups is 1. The van der Waals surface area contributed by atoms with Crippen LogP contribution in [0.2, 0.25) is 0 Å². The molecular formula is C27H35N7O7S. The first-order chi connectivity index (χ1) is 20.1. The van der Waals surface area contributed by atoms with Crippen molar-refractivity contribution in [3.05, 3.63) is 48.2 Å². The predicted molar refractivity (Wildman–Crippen MR) is 159 cm³/mol. The van der Waals surface area contributed by atoms with Gasteiger partial charge in [-0.2, -0.15) is 0 Å². The number of pyridine rings is 1. The first-order valence-corrected chi connectivity index (χ1v) is 14.3. The van der Waals surface area contributed by atoms with Gasteiger partial charge in [-0.15, -0.1) is 10.2 Å². The summed E-state index contributed by atoms with van der Waals surface area (Å²) in [5, 5.41) is 16.5. The molecule has 15 heteroatoms. The van der Waals surface area contributed by atoms with E-state index >= 15 is 0 Å². The zero-order chi connectivity index (χ0) is 30.9. The summed E-state index contributed by atoms with van der Waals surface area (Å²) in [6.07, 6.45) is 0.337. The van der Waals surface area contributed by atoms with Gasteiger partial charge in [-0.05, 0) is 45.7 Å². The fraction of sp³-hybridized carbons (Fsp3) is 0.370. The van der Waals surface area contributed by atoms with Gasteiger partial charge >= 0.3 is 0 Å². The number of aliphatic imine (C=N–C) groups is 2. The number of ether oxygens (including phenoxy) is 4. The minimum Gasteiger partial charge on any atom is -0.494 e. The van der Waals surface area contributed by atoms with E-state index in [1.807, 2.05) is 13.8 Å². The number of para-hydroxylation sites is 1. The van der Waals surface area contributed by atoms with E-state index in [-0.39, 0.29) is 30.8 Å². The van der Waals surface area contributed by atoms with Gasteiger partial charge in [-0.1, -0.05) is 17.7 Å². The second-order valence-corrected chi connectivity index (χ2v) is 11.0. The summed E-state index contributed by atoms with van der Waals surface area (Å²) in [5.74, 6) is 1.03. The fourth-order valence-electron chi connectivity index (χ4n) is 3.82. The van der Waals surface area contributed by atoms with Crippen LogP contribution in [0.15, 0.2) is 58.2 Å². The van der Waals surface area contributed by atoms with E-state index in [2.05, 4.69) is 36.6 Å². The number of sulfonamides is 1. The van der Waals surface area contributed by atoms with Crippen molar-refractivity contribution < 1.29 is 32.5 Å². The van der Waals surface area contributed by atoms with Crippen LogP contribution in [0.5, 0.6) is 17.4 Å². The lowest BCUT2D eigenvalue weighted by Crippen LogP contribution is -2.42. The summed E-state index contributed by atoms with van der Waals surface area (Å²) in [5.41, 5.74) is 1.51. The molecule has 14 nitrogen and oxygen atoms in total. The molecule has 0 aliphatic rings. The minimum atomic E-state index is -4.28. The number of methoxy groups -OCH3 is 3. The lowest BCUT2D eigenvalue weighted by atomic mass is 10.2. The number of nitrogens with one attached hydrogen (secondary N) is 1. The van der Waals surface area contributed by atoms with E-state index in [1.165, 1.54) is 39.0 Å². The molecule has 2 atom stereocenters. The lowest BCUT2D eigenvalue weighted by Gasteiger charge is -2.24. The second-order valence-electron chi connectivity index (χ2n) is 8.98. The number of benzene rings is 1. The number of nitrogens with zero attached hydrogens (tertiary/aromatic N) is 6. The number of rotatable bonds is 14. The van der Waals surface area contributed by atoms with Gasteiger partial charge in [0, 0.05) is 12.3 Å². The summed E-state index contributed by atoms with van der Waals surface area (Å²) >= 11 is 0. The topological polar surface area (TPSA) is 172 Å². The SMILES string of the molecule is C=N/C(=N\C=C(C)C)[C@@H](OCCO)[C@H](C)S(=O)(=O)Nc1nnc(-c2cccc(OC)n2)n1-c1c(OC)cccc1OC. The Morgan fingerprint density at radius 2 is 1.76 bits per heavy atom. The third-order valence-electron chi connectivity index (χ3n) is 5.86. The maximum absolute atomic E-state index is 13.8. The molecule has 2 heterocycles. The molecule has 2 aromatic heterocycles. The molecule has 0 fully saturated rings. The highest BCUT2D eigenvalue weighted by Gasteiger charge is 2.36. The molecule has 1 aromatic carbocycles. The average molecular weight is 602 g/mol. The molecule has 3 rings (SSSR count). The molecule has 0 aliphatic carbocycles. The zero-order valence-corrected chi connectivity index (χ0v) is 25.1. The molecule has 0 radical (unpaired) electrons. The third-order valence-corrected chi connectivity index (χ3v) is 7.55. The molecule has 226 valence electrons. The van der Waals surface area contributed by atoms with Gasteiger partial charge in [0.25, 0.3) is 0 Å². The number of anilines is 1. The van der Waals surface area contributed by atoms with Gasteiger partial charge in [-0.25, -0.2) is 23.4 Å². The van der Waals surface area contributed by atoms with Gasteiger partial charge in [0.15, 0.2) is 11.7 Å². The van der Waals surface area contributed by atoms with E-state index in [4.69, 9.17) is 18.9 Å². The van der Waals surface area contributed by atoms with Crippen molar-refractivity contribution in [2.24, 2.45) is 9.98 Å². The first-order valence-electron chi connectivity index (χ1n) is 12.7. The summed E-state index contributed by atoms with van der Waals surface area (Å²) in [6.45, 7) is 8.08. The smallest absolute Gasteiger partial charge is 0.243 e. The molecule has 0 bridgehead atoms. The third kappa shape index (κ3) is 7.29. The molecule has 42 heavy (non-hydrogen) atoms. The molecular weight excluding hydrogens is 566 g/mol. The van der Waals surface area contributed by atoms with Crippen molar-refractivity contribution >= 4 is 28.5 Å². The van der Waals surface area contributed by atoms with Gasteiger partial charge in [0.2, 0.25) is 21.9 Å². The summed E-state index contributed by atoms with van der Waals surface area (Å²) in [7, 11) is 0.130. The largest absolute Gasteiger partial charge is 0.494 e. The Kier molecular flexibility index (Phi) is 11.1. The van der Waals surface area contributed by atoms with E-state index in [0.717, 1.165) is 5.57 Å². The number of hydrogen-bond donors (Lipinski definition) is 2. The number of hydrogen-bond acceptors (Lipinski definition) is 11. The highest BCUT2D eigenvalue weighted by atomic mass is 32.2. The van der Waals surface area contributed by atoms with Crippen LogP contribution in [0, 0.1) is 0 Å². The Morgan fingerprint density at radius 1 is 1.10 bits per heavy atom. The Labute approximate surface area is 244 Å². The molecule has 0 saturated carbocycles. The van der Waals surface area contributed by atoms with Crippen molar-refractivity contribution in [2.75, 3.05) is 39.3 Å². The lowest BCUT2D eigenvalue weighted by molar-refractivity contribution is 0.0638. The maximum Gasteiger partial charge on any atom is 0.243 e. The van der Waals surface area contributed by atoms with Crippen LogP contribution in [0.4, 0.5) is 5.95 Å². The number of aromatic nitrogens is 4. The van der Waals surface area contributed by atoms with Gasteiger partial charge in [0.05, 0.1) is 34.5 Å². The quantitative estimate of drug-likeness (QED) is 0.207. The Morgan fingerprint density at radius 3 is 2.33 bits per heavy atom. The summed E-state index contributed by atoms with van der Waals surface area (Å²) in [4.78, 5) is 12.6. The van der Waals surface area contributed by atoms with Crippen molar-refractivity contribution in [1.29, 1.82) is 0 Å². The molecule has 0 aliphatic heterocycles. The van der Waals surface area contributed by atoms with E-state index in [1.54, 1.807) is 36.4 Å². The summed E-state index contributed by atoms with van der Waals surface area (Å²) in [6, 6.07) is 10.1. The van der Waals surface area contributed by atoms with E-state index in [0.29, 0.717) is 28.8 Å². The Balaban J connectivity index is 2.20. The Hall–Kier alpha value is -4.34. The van der Waals surface area contributed by atoms with Crippen LogP contribution in [0.3, 0.4) is 0 Å². The van der Waals surface area contributed by atoms with Crippen LogP contribution in [-0.4, -0.2) is 91.7 Å². The van der Waals surface area contributed by atoms with Crippen LogP contribution in [0.1, 0.15) is 20.8 Å². The molecule has 0 spiro atoms. The Bertz CT molecular complexity index is 1530. The van der Waals surface area contributed by atoms with Crippen LogP contribution < -0.4 is 18.9 Å². The minimum absolute atomic E-state index is 0.0247. The molecule has 0 unspecified atom stereocenters. The normalized spacial score (nSPS) is 13.2. The fourth-order valence-corrected chi connectivity index (χ4v) is 4.91. The monoisotopic (exact) mass is 601 g/mol. The molecule has 3 aromatic rings. The maximum atomic E-state index is 13.8. The first kappa shape index (κ1) is 32.2. The zero-order valence-electron chi connectivity index (χ0n) is 24.3. The van der Waals surface area contributed by atoms with Crippen LogP contribution in [-0.2, 0) is 14.8 Å². The molecule has 2 N–H and O–H groups in total.